The Kier molecular flexibility index (Phi) is 8.73. The first-order valence-corrected chi connectivity index (χ1v) is 15.0. The van der Waals surface area contributed by atoms with Crippen LogP contribution in [0.1, 0.15) is 58.2 Å². The molecule has 1 aromatic carbocycles. The number of carbonyl (C=O) groups is 3. The van der Waals surface area contributed by atoms with Crippen LogP contribution in [0.3, 0.4) is 0 Å². The summed E-state index contributed by atoms with van der Waals surface area (Å²) in [6.45, 7) is 9.81. The number of hydrogen-bond donors (Lipinski definition) is 3. The van der Waals surface area contributed by atoms with Crippen LogP contribution in [-0.4, -0.2) is 73.1 Å². The number of nitrogens with one attached hydrogen (secondary N) is 2. The van der Waals surface area contributed by atoms with Crippen molar-refractivity contribution in [1.82, 2.24) is 20.5 Å². The van der Waals surface area contributed by atoms with Crippen molar-refractivity contribution in [2.24, 2.45) is 0 Å². The molecule has 2 fully saturated rings. The summed E-state index contributed by atoms with van der Waals surface area (Å²) in [5.74, 6) is -1.67. The van der Waals surface area contributed by atoms with E-state index in [0.717, 1.165) is 21.7 Å². The Morgan fingerprint density at radius 2 is 1.92 bits per heavy atom. The number of likely N-dealkylation sites (tertiary alicyclic amines) is 1. The van der Waals surface area contributed by atoms with E-state index >= 15 is 0 Å². The minimum Gasteiger partial charge on any atom is -0.391 e. The monoisotopic (exact) mass is 576 g/mol. The molecule has 1 aliphatic carbocycles. The van der Waals surface area contributed by atoms with Gasteiger partial charge in [0.2, 0.25) is 11.8 Å². The highest BCUT2D eigenvalue weighted by Gasteiger charge is 2.54. The third-order valence-corrected chi connectivity index (χ3v) is 9.44. The van der Waals surface area contributed by atoms with Gasteiger partial charge in [0, 0.05) is 24.3 Å². The molecule has 3 atom stereocenters. The summed E-state index contributed by atoms with van der Waals surface area (Å²) in [4.78, 5) is 46.5. The normalized spacial score (nSPS) is 21.1. The van der Waals surface area contributed by atoms with Crippen molar-refractivity contribution in [3.63, 3.8) is 0 Å². The number of thioether (sulfide) groups is 1. The van der Waals surface area contributed by atoms with E-state index in [1.54, 1.807) is 11.3 Å². The first-order chi connectivity index (χ1) is 18.3. The number of hydrogen-bond acceptors (Lipinski definition) is 7. The van der Waals surface area contributed by atoms with E-state index in [2.05, 4.69) is 15.6 Å². The van der Waals surface area contributed by atoms with E-state index in [1.165, 1.54) is 16.7 Å². The van der Waals surface area contributed by atoms with Gasteiger partial charge in [-0.3, -0.25) is 14.4 Å². The minimum atomic E-state index is -1.94. The number of thiazole rings is 1. The maximum atomic E-state index is 14.5. The third kappa shape index (κ3) is 6.81. The molecule has 1 saturated carbocycles. The Bertz CT molecular complexity index is 1210. The molecule has 1 aromatic heterocycles. The van der Waals surface area contributed by atoms with Gasteiger partial charge in [-0.15, -0.1) is 11.3 Å². The Labute approximate surface area is 237 Å². The van der Waals surface area contributed by atoms with Crippen LogP contribution in [0.25, 0.3) is 10.4 Å². The van der Waals surface area contributed by atoms with E-state index in [0.29, 0.717) is 0 Å². The standard InChI is InChI=1S/C28H37FN4O4S2/c1-16(2)39-27(4,5)23(32-26(37)28(29)10-11-28)25(36)33-14-20(34)12-21(33)24(35)30-13-18-6-8-19(9-7-18)22-17(3)31-15-38-22/h6-9,15-16,20-21,23,34H,10-14H2,1-5H3,(H,30,35)(H,32,37)/t20-,21?,23-/m1/s1. The number of aliphatic hydroxyl groups excluding tert-OH is 1. The van der Waals surface area contributed by atoms with Gasteiger partial charge in [0.05, 0.1) is 22.2 Å². The summed E-state index contributed by atoms with van der Waals surface area (Å²) in [6.07, 6.45) is -0.516. The molecule has 4 rings (SSSR count). The molecule has 39 heavy (non-hydrogen) atoms. The molecule has 0 radical (unpaired) electrons. The fourth-order valence-electron chi connectivity index (χ4n) is 4.94. The summed E-state index contributed by atoms with van der Waals surface area (Å²) in [6, 6.07) is 5.87. The van der Waals surface area contributed by atoms with Crippen molar-refractivity contribution >= 4 is 40.8 Å². The lowest BCUT2D eigenvalue weighted by Gasteiger charge is -2.38. The molecule has 0 bridgehead atoms. The number of β-amino-alcohol motifs (C(OH)–C–C–N with tert-alkyl or cyclic N) is 1. The van der Waals surface area contributed by atoms with Crippen molar-refractivity contribution in [3.05, 3.63) is 41.0 Å². The Morgan fingerprint density at radius 3 is 2.49 bits per heavy atom. The highest BCUT2D eigenvalue weighted by Crippen LogP contribution is 2.41. The fourth-order valence-corrected chi connectivity index (χ4v) is 7.26. The van der Waals surface area contributed by atoms with Crippen LogP contribution < -0.4 is 10.6 Å². The van der Waals surface area contributed by atoms with Crippen LogP contribution in [0, 0.1) is 6.92 Å². The molecule has 11 heteroatoms. The molecule has 2 aromatic rings. The van der Waals surface area contributed by atoms with E-state index in [1.807, 2.05) is 64.4 Å². The van der Waals surface area contributed by atoms with E-state index in [4.69, 9.17) is 0 Å². The Hall–Kier alpha value is -2.50. The van der Waals surface area contributed by atoms with E-state index < -0.39 is 40.4 Å². The molecule has 2 heterocycles. The zero-order valence-electron chi connectivity index (χ0n) is 23.0. The van der Waals surface area contributed by atoms with Crippen molar-refractivity contribution in [2.45, 2.75) is 94.3 Å². The molecule has 0 spiro atoms. The number of aryl methyl sites for hydroxylation is 1. The number of aromatic nitrogens is 1. The van der Waals surface area contributed by atoms with Crippen LogP contribution in [0.15, 0.2) is 29.8 Å². The minimum absolute atomic E-state index is 0.0324. The summed E-state index contributed by atoms with van der Waals surface area (Å²) >= 11 is 3.06. The predicted molar refractivity (Wildman–Crippen MR) is 152 cm³/mol. The van der Waals surface area contributed by atoms with Crippen molar-refractivity contribution in [3.8, 4) is 10.4 Å². The molecule has 3 N–H and O–H groups in total. The van der Waals surface area contributed by atoms with Crippen LogP contribution in [-0.2, 0) is 20.9 Å². The Balaban J connectivity index is 1.46. The number of alkyl halides is 1. The smallest absolute Gasteiger partial charge is 0.258 e. The number of carbonyl (C=O) groups excluding carboxylic acids is 3. The number of halogens is 1. The first kappa shape index (κ1) is 29.5. The highest BCUT2D eigenvalue weighted by atomic mass is 32.2. The molecular formula is C28H37FN4O4S2. The van der Waals surface area contributed by atoms with Gasteiger partial charge < -0.3 is 20.6 Å². The number of aliphatic hydroxyl groups is 1. The molecule has 1 saturated heterocycles. The lowest BCUT2D eigenvalue weighted by Crippen LogP contribution is -2.61. The second kappa shape index (κ2) is 11.5. The topological polar surface area (TPSA) is 112 Å². The molecule has 8 nitrogen and oxygen atoms in total. The number of rotatable bonds is 10. The lowest BCUT2D eigenvalue weighted by atomic mass is 10.00. The molecule has 1 unspecified atom stereocenters. The van der Waals surface area contributed by atoms with Gasteiger partial charge in [-0.1, -0.05) is 38.1 Å². The van der Waals surface area contributed by atoms with Gasteiger partial charge in [0.25, 0.3) is 5.91 Å². The number of nitrogens with zero attached hydrogens (tertiary/aromatic N) is 2. The molecule has 1 aliphatic heterocycles. The van der Waals surface area contributed by atoms with Crippen molar-refractivity contribution < 1.29 is 23.9 Å². The van der Waals surface area contributed by atoms with Gasteiger partial charge in [0.1, 0.15) is 12.1 Å². The lowest BCUT2D eigenvalue weighted by molar-refractivity contribution is -0.143. The van der Waals surface area contributed by atoms with Gasteiger partial charge in [-0.05, 0) is 50.0 Å². The quantitative estimate of drug-likeness (QED) is 0.399. The van der Waals surface area contributed by atoms with Crippen LogP contribution >= 0.6 is 23.1 Å². The maximum absolute atomic E-state index is 14.5. The van der Waals surface area contributed by atoms with Crippen LogP contribution in [0.2, 0.25) is 0 Å². The Morgan fingerprint density at radius 1 is 1.26 bits per heavy atom. The van der Waals surface area contributed by atoms with Crippen LogP contribution in [0.5, 0.6) is 0 Å². The fraction of sp³-hybridized carbons (Fsp3) is 0.571. The van der Waals surface area contributed by atoms with Crippen molar-refractivity contribution in [2.75, 3.05) is 6.54 Å². The van der Waals surface area contributed by atoms with Gasteiger partial charge in [0.15, 0.2) is 5.67 Å². The SMILES string of the molecule is Cc1ncsc1-c1ccc(CNC(=O)C2C[C@@H](O)CN2C(=O)[C@@H](NC(=O)C2(F)CC2)C(C)(C)SC(C)C)cc1. The first-order valence-electron chi connectivity index (χ1n) is 13.2. The summed E-state index contributed by atoms with van der Waals surface area (Å²) in [7, 11) is 0. The molecule has 212 valence electrons. The van der Waals surface area contributed by atoms with E-state index in [9.17, 15) is 23.9 Å². The summed E-state index contributed by atoms with van der Waals surface area (Å²) in [5, 5.41) is 16.1. The average molecular weight is 577 g/mol. The zero-order chi connectivity index (χ0) is 28.5. The summed E-state index contributed by atoms with van der Waals surface area (Å²) < 4.78 is 13.8. The van der Waals surface area contributed by atoms with Crippen LogP contribution in [0.4, 0.5) is 4.39 Å². The van der Waals surface area contributed by atoms with Gasteiger partial charge in [-0.2, -0.15) is 11.8 Å². The van der Waals surface area contributed by atoms with E-state index in [-0.39, 0.29) is 43.5 Å². The number of amides is 3. The number of benzene rings is 1. The van der Waals surface area contributed by atoms with Crippen molar-refractivity contribution in [1.29, 1.82) is 0 Å². The van der Waals surface area contributed by atoms with Gasteiger partial charge in [-0.25, -0.2) is 9.37 Å². The second-order valence-corrected chi connectivity index (χ2v) is 14.3. The molecule has 2 aliphatic rings. The largest absolute Gasteiger partial charge is 0.391 e. The molecule has 3 amide bonds. The average Bonchev–Trinajstić information content (AvgIpc) is 3.28. The maximum Gasteiger partial charge on any atom is 0.258 e. The van der Waals surface area contributed by atoms with Gasteiger partial charge >= 0.3 is 0 Å². The zero-order valence-corrected chi connectivity index (χ0v) is 24.6. The third-order valence-electron chi connectivity index (χ3n) is 7.15. The molecular weight excluding hydrogens is 539 g/mol. The summed E-state index contributed by atoms with van der Waals surface area (Å²) in [5.41, 5.74) is 2.78. The highest BCUT2D eigenvalue weighted by molar-refractivity contribution is 8.01. The second-order valence-electron chi connectivity index (χ2n) is 11.2. The predicted octanol–water partition coefficient (Wildman–Crippen LogP) is 3.60.